The Balaban J connectivity index is 1.34. The van der Waals surface area contributed by atoms with Gasteiger partial charge in [0.1, 0.15) is 0 Å². The molecule has 0 atom stereocenters. The molecule has 3 aromatic rings. The summed E-state index contributed by atoms with van der Waals surface area (Å²) in [5.41, 5.74) is 4.22. The molecule has 5 rings (SSSR count). The van der Waals surface area contributed by atoms with E-state index in [-0.39, 0.29) is 11.8 Å². The first-order chi connectivity index (χ1) is 13.6. The maximum Gasteiger partial charge on any atom is 0.223 e. The molecule has 2 fully saturated rings. The second-order valence-electron chi connectivity index (χ2n) is 8.03. The predicted molar refractivity (Wildman–Crippen MR) is 112 cm³/mol. The van der Waals surface area contributed by atoms with Crippen LogP contribution in [-0.2, 0) is 4.79 Å². The lowest BCUT2D eigenvalue weighted by molar-refractivity contribution is -0.123. The molecule has 28 heavy (non-hydrogen) atoms. The summed E-state index contributed by atoms with van der Waals surface area (Å²) in [5.74, 6) is 0.544. The Labute approximate surface area is 168 Å². The number of hydrogen-bond donors (Lipinski definition) is 1. The van der Waals surface area contributed by atoms with Crippen molar-refractivity contribution in [1.82, 2.24) is 20.1 Å². The van der Waals surface area contributed by atoms with E-state index in [1.165, 1.54) is 5.56 Å². The molecule has 1 saturated heterocycles. The van der Waals surface area contributed by atoms with Crippen molar-refractivity contribution in [2.45, 2.75) is 45.6 Å². The molecule has 2 aliphatic rings. The van der Waals surface area contributed by atoms with Crippen LogP contribution >= 0.6 is 11.3 Å². The highest BCUT2D eigenvalue weighted by Crippen LogP contribution is 2.34. The third-order valence-electron chi connectivity index (χ3n) is 5.68. The largest absolute Gasteiger partial charge is 0.353 e. The molecular weight excluding hydrogens is 370 g/mol. The molecular formula is C21H25N5OS. The number of piperidine rings is 1. The van der Waals surface area contributed by atoms with Gasteiger partial charge < -0.3 is 10.2 Å². The van der Waals surface area contributed by atoms with Gasteiger partial charge in [-0.1, -0.05) is 23.5 Å². The van der Waals surface area contributed by atoms with Crippen LogP contribution in [0.4, 0.5) is 5.13 Å². The highest BCUT2D eigenvalue weighted by atomic mass is 32.1. The normalized spacial score (nSPS) is 18.0. The van der Waals surface area contributed by atoms with Crippen LogP contribution in [0.3, 0.4) is 0 Å². The molecule has 1 saturated carbocycles. The van der Waals surface area contributed by atoms with Gasteiger partial charge in [-0.2, -0.15) is 10.1 Å². The fourth-order valence-electron chi connectivity index (χ4n) is 3.88. The van der Waals surface area contributed by atoms with Gasteiger partial charge in [-0.25, -0.2) is 4.68 Å². The van der Waals surface area contributed by atoms with E-state index in [1.54, 1.807) is 11.3 Å². The van der Waals surface area contributed by atoms with Crippen molar-refractivity contribution in [2.75, 3.05) is 18.0 Å². The Hall–Kier alpha value is -2.41. The van der Waals surface area contributed by atoms with Crippen molar-refractivity contribution in [3.8, 4) is 5.69 Å². The second kappa shape index (κ2) is 6.88. The number of aryl methyl sites for hydroxylation is 2. The maximum atomic E-state index is 12.0. The van der Waals surface area contributed by atoms with Crippen molar-refractivity contribution in [3.05, 3.63) is 35.5 Å². The average molecular weight is 396 g/mol. The van der Waals surface area contributed by atoms with E-state index in [1.807, 2.05) is 4.68 Å². The minimum Gasteiger partial charge on any atom is -0.353 e. The van der Waals surface area contributed by atoms with E-state index in [2.05, 4.69) is 48.3 Å². The fraction of sp³-hybridized carbons (Fsp3) is 0.476. The minimum absolute atomic E-state index is 0.257. The monoisotopic (exact) mass is 395 g/mol. The summed E-state index contributed by atoms with van der Waals surface area (Å²) >= 11 is 1.72. The number of carbonyl (C=O) groups excluding carboxylic acids is 1. The molecule has 0 radical (unpaired) electrons. The zero-order chi connectivity index (χ0) is 19.3. The molecule has 0 bridgehead atoms. The summed E-state index contributed by atoms with van der Waals surface area (Å²) in [7, 11) is 0. The van der Waals surface area contributed by atoms with Crippen molar-refractivity contribution >= 4 is 32.7 Å². The van der Waals surface area contributed by atoms with Crippen molar-refractivity contribution in [3.63, 3.8) is 0 Å². The number of nitrogens with zero attached hydrogens (tertiary/aromatic N) is 4. The van der Waals surface area contributed by atoms with E-state index >= 15 is 0 Å². The first-order valence-corrected chi connectivity index (χ1v) is 10.9. The lowest BCUT2D eigenvalue weighted by Crippen LogP contribution is -2.45. The molecule has 1 aliphatic heterocycles. The summed E-state index contributed by atoms with van der Waals surface area (Å²) in [6.07, 6.45) is 4.09. The molecule has 146 valence electrons. The van der Waals surface area contributed by atoms with Crippen LogP contribution in [0, 0.1) is 19.8 Å². The number of hydrogen-bond acceptors (Lipinski definition) is 5. The topological polar surface area (TPSA) is 63.1 Å². The van der Waals surface area contributed by atoms with Crippen molar-refractivity contribution < 1.29 is 4.79 Å². The number of benzene rings is 1. The average Bonchev–Trinajstić information content (AvgIpc) is 3.38. The van der Waals surface area contributed by atoms with Crippen LogP contribution in [0.2, 0.25) is 0 Å². The van der Waals surface area contributed by atoms with Crippen LogP contribution < -0.4 is 10.2 Å². The zero-order valence-electron chi connectivity index (χ0n) is 16.3. The van der Waals surface area contributed by atoms with Gasteiger partial charge in [0.05, 0.1) is 16.1 Å². The van der Waals surface area contributed by atoms with Gasteiger partial charge >= 0.3 is 0 Å². The first-order valence-electron chi connectivity index (χ1n) is 10.1. The first kappa shape index (κ1) is 17.7. The molecule has 2 aromatic heterocycles. The highest BCUT2D eigenvalue weighted by Gasteiger charge is 2.32. The Bertz CT molecular complexity index is 1030. The number of thiazole rings is 1. The Morgan fingerprint density at radius 1 is 1.18 bits per heavy atom. The fourth-order valence-corrected chi connectivity index (χ4v) is 4.92. The molecule has 0 spiro atoms. The van der Waals surface area contributed by atoms with Gasteiger partial charge in [-0.3, -0.25) is 4.79 Å². The standard InChI is InChI=1S/C21H25N5OS/c1-13-4-3-5-17(12-13)26-19-18(14(2)24-26)28-21(23-19)25-10-8-16(9-11-25)22-20(27)15-6-7-15/h3-5,12,15-16H,6-11H2,1-2H3,(H,22,27). The number of amides is 1. The summed E-state index contributed by atoms with van der Waals surface area (Å²) in [4.78, 5) is 19.3. The highest BCUT2D eigenvalue weighted by molar-refractivity contribution is 7.22. The minimum atomic E-state index is 0.257. The molecule has 3 heterocycles. The van der Waals surface area contributed by atoms with E-state index < -0.39 is 0 Å². The van der Waals surface area contributed by atoms with Crippen LogP contribution in [0.15, 0.2) is 24.3 Å². The van der Waals surface area contributed by atoms with Crippen LogP contribution in [0.25, 0.3) is 16.0 Å². The summed E-state index contributed by atoms with van der Waals surface area (Å²) in [6.45, 7) is 6.01. The molecule has 1 amide bonds. The van der Waals surface area contributed by atoms with E-state index in [0.717, 1.165) is 65.6 Å². The SMILES string of the molecule is Cc1cccc(-n2nc(C)c3sc(N4CCC(NC(=O)C5CC5)CC4)nc32)c1. The van der Waals surface area contributed by atoms with E-state index in [9.17, 15) is 4.79 Å². The Kier molecular flexibility index (Phi) is 4.34. The van der Waals surface area contributed by atoms with Gasteiger partial charge in [0.2, 0.25) is 5.91 Å². The molecule has 1 aliphatic carbocycles. The quantitative estimate of drug-likeness (QED) is 0.733. The van der Waals surface area contributed by atoms with Gasteiger partial charge in [-0.15, -0.1) is 0 Å². The predicted octanol–water partition coefficient (Wildman–Crippen LogP) is 3.59. The molecule has 1 aromatic carbocycles. The summed E-state index contributed by atoms with van der Waals surface area (Å²) in [5, 5.41) is 8.99. The lowest BCUT2D eigenvalue weighted by atomic mass is 10.1. The number of anilines is 1. The van der Waals surface area contributed by atoms with E-state index in [0.29, 0.717) is 6.04 Å². The Morgan fingerprint density at radius 3 is 2.68 bits per heavy atom. The van der Waals surface area contributed by atoms with Crippen LogP contribution in [0.1, 0.15) is 36.9 Å². The molecule has 6 nitrogen and oxygen atoms in total. The van der Waals surface area contributed by atoms with Gasteiger partial charge in [0.15, 0.2) is 10.8 Å². The van der Waals surface area contributed by atoms with Crippen LogP contribution in [0.5, 0.6) is 0 Å². The summed E-state index contributed by atoms with van der Waals surface area (Å²) < 4.78 is 3.11. The Morgan fingerprint density at radius 2 is 1.96 bits per heavy atom. The number of nitrogens with one attached hydrogen (secondary N) is 1. The molecule has 1 N–H and O–H groups in total. The van der Waals surface area contributed by atoms with Gasteiger partial charge in [-0.05, 0) is 57.2 Å². The number of fused-ring (bicyclic) bond motifs is 1. The van der Waals surface area contributed by atoms with Gasteiger partial charge in [0.25, 0.3) is 0 Å². The second-order valence-corrected chi connectivity index (χ2v) is 9.01. The summed E-state index contributed by atoms with van der Waals surface area (Å²) in [6, 6.07) is 8.67. The van der Waals surface area contributed by atoms with Crippen molar-refractivity contribution in [2.24, 2.45) is 5.92 Å². The van der Waals surface area contributed by atoms with Crippen molar-refractivity contribution in [1.29, 1.82) is 0 Å². The smallest absolute Gasteiger partial charge is 0.223 e. The maximum absolute atomic E-state index is 12.0. The third-order valence-corrected chi connectivity index (χ3v) is 6.90. The number of aromatic nitrogens is 3. The van der Waals surface area contributed by atoms with E-state index in [4.69, 9.17) is 10.1 Å². The zero-order valence-corrected chi connectivity index (χ0v) is 17.1. The molecule has 0 unspecified atom stereocenters. The number of rotatable bonds is 4. The third kappa shape index (κ3) is 3.28. The van der Waals surface area contributed by atoms with Crippen LogP contribution in [-0.4, -0.2) is 39.8 Å². The number of carbonyl (C=O) groups is 1. The van der Waals surface area contributed by atoms with Gasteiger partial charge in [0, 0.05) is 25.0 Å². The lowest BCUT2D eigenvalue weighted by Gasteiger charge is -2.32. The molecule has 7 heteroatoms.